The minimum Gasteiger partial charge on any atom is -0.446 e. The summed E-state index contributed by atoms with van der Waals surface area (Å²) in [4.78, 5) is 43.9. The van der Waals surface area contributed by atoms with E-state index in [-0.39, 0.29) is 25.7 Å². The molecule has 1 fully saturated rings. The molecule has 1 unspecified atom stereocenters. The second-order valence-electron chi connectivity index (χ2n) is 14.0. The zero-order valence-electron chi connectivity index (χ0n) is 29.4. The predicted molar refractivity (Wildman–Crippen MR) is 182 cm³/mol. The Morgan fingerprint density at radius 3 is 1.91 bits per heavy atom. The van der Waals surface area contributed by atoms with E-state index in [4.69, 9.17) is 14.2 Å². The first kappa shape index (κ1) is 39.5. The molecule has 0 saturated carbocycles. The van der Waals surface area contributed by atoms with Crippen molar-refractivity contribution in [2.45, 2.75) is 155 Å². The van der Waals surface area contributed by atoms with Gasteiger partial charge in [-0.15, -0.1) is 0 Å². The molecule has 0 bridgehead atoms. The third-order valence-corrected chi connectivity index (χ3v) is 8.56. The van der Waals surface area contributed by atoms with Gasteiger partial charge in [0.25, 0.3) is 0 Å². The molecular formula is C37H63N3O6. The Morgan fingerprint density at radius 2 is 1.41 bits per heavy atom. The van der Waals surface area contributed by atoms with Crippen molar-refractivity contribution in [2.75, 3.05) is 26.4 Å². The second-order valence-corrected chi connectivity index (χ2v) is 14.0. The number of aromatic nitrogens is 1. The molecule has 0 spiro atoms. The molecule has 3 amide bonds. The number of nitrogens with zero attached hydrogens (tertiary/aromatic N) is 2. The third-order valence-electron chi connectivity index (χ3n) is 8.56. The maximum absolute atomic E-state index is 13.1. The summed E-state index contributed by atoms with van der Waals surface area (Å²) in [6, 6.07) is 5.33. The van der Waals surface area contributed by atoms with E-state index in [1.165, 1.54) is 89.9 Å². The van der Waals surface area contributed by atoms with Crippen LogP contribution in [0.1, 0.15) is 149 Å². The van der Waals surface area contributed by atoms with Gasteiger partial charge < -0.3 is 19.5 Å². The lowest BCUT2D eigenvalue weighted by Gasteiger charge is -2.30. The van der Waals surface area contributed by atoms with Crippen LogP contribution in [0.4, 0.5) is 9.59 Å². The number of hydrogen-bond donors (Lipinski definition) is 1. The molecule has 1 saturated heterocycles. The van der Waals surface area contributed by atoms with Crippen LogP contribution in [0.2, 0.25) is 0 Å². The summed E-state index contributed by atoms with van der Waals surface area (Å²) in [5.41, 5.74) is -1.14. The lowest BCUT2D eigenvalue weighted by molar-refractivity contribution is -0.139. The van der Waals surface area contributed by atoms with Crippen molar-refractivity contribution in [1.29, 1.82) is 0 Å². The van der Waals surface area contributed by atoms with Gasteiger partial charge in [0.2, 0.25) is 5.91 Å². The van der Waals surface area contributed by atoms with E-state index >= 15 is 0 Å². The van der Waals surface area contributed by atoms with Gasteiger partial charge in [-0.25, -0.2) is 14.5 Å². The molecule has 1 aliphatic rings. The molecule has 262 valence electrons. The van der Waals surface area contributed by atoms with Gasteiger partial charge in [-0.2, -0.15) is 0 Å². The van der Waals surface area contributed by atoms with Crippen molar-refractivity contribution in [3.05, 3.63) is 30.1 Å². The van der Waals surface area contributed by atoms with Gasteiger partial charge in [0.15, 0.2) is 0 Å². The molecule has 1 N–H and O–H groups in total. The Balaban J connectivity index is 1.59. The van der Waals surface area contributed by atoms with Crippen LogP contribution in [0, 0.1) is 5.41 Å². The summed E-state index contributed by atoms with van der Waals surface area (Å²) in [5.74, 6) is -0.366. The first-order valence-electron chi connectivity index (χ1n) is 18.1. The quantitative estimate of drug-likeness (QED) is 0.118. The second kappa shape index (κ2) is 22.8. The maximum atomic E-state index is 13.1. The van der Waals surface area contributed by atoms with Crippen LogP contribution in [0.15, 0.2) is 24.4 Å². The number of imide groups is 1. The van der Waals surface area contributed by atoms with Gasteiger partial charge >= 0.3 is 12.2 Å². The van der Waals surface area contributed by atoms with Gasteiger partial charge in [0, 0.05) is 24.8 Å². The van der Waals surface area contributed by atoms with Gasteiger partial charge in [0.1, 0.15) is 18.8 Å². The predicted octanol–water partition coefficient (Wildman–Crippen LogP) is 9.13. The minimum absolute atomic E-state index is 0.00188. The Kier molecular flexibility index (Phi) is 19.6. The van der Waals surface area contributed by atoms with E-state index in [9.17, 15) is 14.4 Å². The van der Waals surface area contributed by atoms with Crippen LogP contribution in [0.3, 0.4) is 0 Å². The number of rotatable bonds is 23. The van der Waals surface area contributed by atoms with E-state index in [0.717, 1.165) is 24.2 Å². The van der Waals surface area contributed by atoms with E-state index in [1.807, 2.05) is 0 Å². The number of carbonyl (C=O) groups excluding carboxylic acids is 3. The molecule has 9 nitrogen and oxygen atoms in total. The zero-order valence-corrected chi connectivity index (χ0v) is 29.4. The zero-order chi connectivity index (χ0) is 33.5. The van der Waals surface area contributed by atoms with E-state index in [1.54, 1.807) is 45.2 Å². The highest BCUT2D eigenvalue weighted by molar-refractivity contribution is 5.94. The number of hydrogen-bond acceptors (Lipinski definition) is 7. The van der Waals surface area contributed by atoms with Crippen molar-refractivity contribution in [1.82, 2.24) is 15.2 Å². The largest absolute Gasteiger partial charge is 0.446 e. The lowest BCUT2D eigenvalue weighted by atomic mass is 9.95. The molecule has 1 aromatic heterocycles. The summed E-state index contributed by atoms with van der Waals surface area (Å²) in [6.07, 6.45) is 22.6. The molecule has 2 rings (SSSR count). The number of alkyl carbamates (subject to hydrolysis) is 1. The van der Waals surface area contributed by atoms with Crippen LogP contribution < -0.4 is 5.32 Å². The Labute approximate surface area is 278 Å². The van der Waals surface area contributed by atoms with Crippen molar-refractivity contribution in [3.8, 4) is 0 Å². The molecule has 9 heteroatoms. The smallest absolute Gasteiger partial charge is 0.417 e. The molecule has 1 aromatic rings. The van der Waals surface area contributed by atoms with Crippen LogP contribution in [0.5, 0.6) is 0 Å². The molecule has 0 radical (unpaired) electrons. The summed E-state index contributed by atoms with van der Waals surface area (Å²) in [7, 11) is 0. The molecule has 1 aliphatic heterocycles. The number of carbonyl (C=O) groups is 3. The third kappa shape index (κ3) is 16.8. The summed E-state index contributed by atoms with van der Waals surface area (Å²) < 4.78 is 17.0. The molecule has 46 heavy (non-hydrogen) atoms. The van der Waals surface area contributed by atoms with Crippen molar-refractivity contribution >= 4 is 18.1 Å². The van der Waals surface area contributed by atoms with Crippen LogP contribution >= 0.6 is 0 Å². The number of pyridine rings is 1. The summed E-state index contributed by atoms with van der Waals surface area (Å²) in [6.45, 7) is 8.44. The first-order valence-corrected chi connectivity index (χ1v) is 18.1. The number of amides is 3. The minimum atomic E-state index is -0.928. The van der Waals surface area contributed by atoms with E-state index in [0.29, 0.717) is 25.3 Å². The Bertz CT molecular complexity index is 975. The van der Waals surface area contributed by atoms with Crippen molar-refractivity contribution in [2.24, 2.45) is 5.41 Å². The normalized spacial score (nSPS) is 16.3. The molecule has 2 heterocycles. The standard InChI is InChI=1S/C37H63N3O6/c1-5-6-7-8-9-10-11-12-13-14-15-16-17-18-19-21-27-39-34(42)44-30-37(25-23-28-46-37)31-45-35(43)40(33(41)36(2,3)4)29-32-24-20-22-26-38-32/h20,22,24,26H,5-19,21,23,25,27-31H2,1-4H3,(H,39,42). The SMILES string of the molecule is CCCCCCCCCCCCCCCCCCNC(=O)OCC1(COC(=O)N(Cc2ccccn2)C(=O)C(C)(C)C)CCCO1. The van der Waals surface area contributed by atoms with E-state index in [2.05, 4.69) is 17.2 Å². The van der Waals surface area contributed by atoms with Gasteiger partial charge in [-0.3, -0.25) is 9.78 Å². The maximum Gasteiger partial charge on any atom is 0.417 e. The molecule has 1 atom stereocenters. The summed E-state index contributed by atoms with van der Waals surface area (Å²) >= 11 is 0. The van der Waals surface area contributed by atoms with Crippen molar-refractivity contribution in [3.63, 3.8) is 0 Å². The summed E-state index contributed by atoms with van der Waals surface area (Å²) in [5, 5.41) is 2.83. The fraction of sp³-hybridized carbons (Fsp3) is 0.784. The van der Waals surface area contributed by atoms with Crippen LogP contribution in [-0.4, -0.2) is 59.9 Å². The molecule has 0 aliphatic carbocycles. The van der Waals surface area contributed by atoms with Crippen LogP contribution in [-0.2, 0) is 25.5 Å². The fourth-order valence-electron chi connectivity index (χ4n) is 5.69. The fourth-order valence-corrected chi connectivity index (χ4v) is 5.69. The first-order chi connectivity index (χ1) is 22.2. The highest BCUT2D eigenvalue weighted by Gasteiger charge is 2.40. The van der Waals surface area contributed by atoms with Crippen molar-refractivity contribution < 1.29 is 28.6 Å². The van der Waals surface area contributed by atoms with Gasteiger partial charge in [-0.05, 0) is 31.4 Å². The van der Waals surface area contributed by atoms with Gasteiger partial charge in [0.05, 0.1) is 12.2 Å². The Morgan fingerprint density at radius 1 is 0.848 bits per heavy atom. The van der Waals surface area contributed by atoms with Gasteiger partial charge in [-0.1, -0.05) is 130 Å². The average molecular weight is 646 g/mol. The monoisotopic (exact) mass is 645 g/mol. The molecular weight excluding hydrogens is 582 g/mol. The molecule has 0 aromatic carbocycles. The Hall–Kier alpha value is -2.68. The average Bonchev–Trinajstić information content (AvgIpc) is 3.52. The number of nitrogens with one attached hydrogen (secondary N) is 1. The highest BCUT2D eigenvalue weighted by Crippen LogP contribution is 2.28. The number of unbranched alkanes of at least 4 members (excludes halogenated alkanes) is 15. The van der Waals surface area contributed by atoms with E-state index < -0.39 is 23.2 Å². The number of ether oxygens (including phenoxy) is 3. The topological polar surface area (TPSA) is 107 Å². The van der Waals surface area contributed by atoms with Crippen LogP contribution in [0.25, 0.3) is 0 Å². The lowest BCUT2D eigenvalue weighted by Crippen LogP contribution is -2.47. The highest BCUT2D eigenvalue weighted by atomic mass is 16.6.